The van der Waals surface area contributed by atoms with Gasteiger partial charge in [-0.3, -0.25) is 0 Å². The molecule has 3 nitrogen and oxygen atoms in total. The molecule has 3 heterocycles. The van der Waals surface area contributed by atoms with E-state index in [0.717, 1.165) is 17.0 Å². The van der Waals surface area contributed by atoms with E-state index in [9.17, 15) is 0 Å². The number of furan rings is 1. The Morgan fingerprint density at radius 1 is 1.33 bits per heavy atom. The minimum absolute atomic E-state index is 0.498. The van der Waals surface area contributed by atoms with E-state index in [1.165, 1.54) is 0 Å². The minimum atomic E-state index is 0.498. The predicted molar refractivity (Wildman–Crippen MR) is 72.5 cm³/mol. The van der Waals surface area contributed by atoms with Gasteiger partial charge in [0.25, 0.3) is 0 Å². The number of hydrogen-bond acceptors (Lipinski definition) is 3. The molecule has 0 bridgehead atoms. The average Bonchev–Trinajstić information content (AvgIpc) is 2.73. The van der Waals surface area contributed by atoms with E-state index in [1.54, 1.807) is 12.3 Å². The highest BCUT2D eigenvalue weighted by Gasteiger charge is 2.10. The molecule has 2 aliphatic rings. The van der Waals surface area contributed by atoms with Gasteiger partial charge >= 0.3 is 0 Å². The summed E-state index contributed by atoms with van der Waals surface area (Å²) in [4.78, 5) is 4.07. The molecule has 0 fully saturated rings. The number of aromatic nitrogens is 2. The number of fused-ring (bicyclic) bond motifs is 1. The van der Waals surface area contributed by atoms with E-state index in [-0.39, 0.29) is 0 Å². The van der Waals surface area contributed by atoms with Gasteiger partial charge in [0.15, 0.2) is 10.5 Å². The summed E-state index contributed by atoms with van der Waals surface area (Å²) in [6.45, 7) is 0.704. The first-order valence-electron chi connectivity index (χ1n) is 5.42. The van der Waals surface area contributed by atoms with E-state index in [1.807, 2.05) is 30.5 Å². The summed E-state index contributed by atoms with van der Waals surface area (Å²) in [5, 5.41) is 0.498. The van der Waals surface area contributed by atoms with Crippen LogP contribution in [0.3, 0.4) is 0 Å². The maximum absolute atomic E-state index is 5.77. The number of halogens is 1. The molecule has 0 radical (unpaired) electrons. The third kappa shape index (κ3) is 2.17. The van der Waals surface area contributed by atoms with Crippen molar-refractivity contribution in [3.63, 3.8) is 0 Å². The molecule has 1 aromatic heterocycles. The Kier molecular flexibility index (Phi) is 2.89. The lowest BCUT2D eigenvalue weighted by Gasteiger charge is -2.10. The predicted octanol–water partition coefficient (Wildman–Crippen LogP) is 4.01. The Morgan fingerprint density at radius 2 is 2.22 bits per heavy atom. The van der Waals surface area contributed by atoms with Crippen LogP contribution in [0.15, 0.2) is 47.1 Å². The SMILES string of the molecule is S=c1cc2n(Cc3ccc(Cl)nc3)cccc-2o1. The van der Waals surface area contributed by atoms with E-state index < -0.39 is 0 Å². The molecular weight excluding hydrogens is 268 g/mol. The van der Waals surface area contributed by atoms with Gasteiger partial charge in [0, 0.05) is 25.0 Å². The average molecular weight is 277 g/mol. The standard InChI is InChI=1S/C13H9ClN2OS/c14-12-4-3-9(7-15-12)8-16-5-1-2-11-10(16)6-13(18)17-11/h1-7H,8H2. The van der Waals surface area contributed by atoms with Gasteiger partial charge in [-0.15, -0.1) is 0 Å². The lowest BCUT2D eigenvalue weighted by Crippen LogP contribution is -2.03. The van der Waals surface area contributed by atoms with Gasteiger partial charge in [0.1, 0.15) is 5.15 Å². The molecule has 0 aliphatic carbocycles. The minimum Gasteiger partial charge on any atom is -0.444 e. The zero-order valence-corrected chi connectivity index (χ0v) is 10.9. The normalized spacial score (nSPS) is 10.9. The van der Waals surface area contributed by atoms with Gasteiger partial charge in [-0.25, -0.2) is 4.98 Å². The van der Waals surface area contributed by atoms with Crippen molar-refractivity contribution >= 4 is 23.8 Å². The van der Waals surface area contributed by atoms with Crippen LogP contribution in [0.4, 0.5) is 0 Å². The van der Waals surface area contributed by atoms with Crippen LogP contribution in [0.5, 0.6) is 0 Å². The number of pyridine rings is 2. The maximum Gasteiger partial charge on any atom is 0.193 e. The maximum atomic E-state index is 5.77. The van der Waals surface area contributed by atoms with E-state index in [0.29, 0.717) is 16.4 Å². The molecule has 0 amide bonds. The summed E-state index contributed by atoms with van der Waals surface area (Å²) in [6.07, 6.45) is 3.75. The Labute approximate surface area is 114 Å². The van der Waals surface area contributed by atoms with Crippen molar-refractivity contribution in [3.05, 3.63) is 58.1 Å². The summed E-state index contributed by atoms with van der Waals surface area (Å²) in [5.74, 6) is 0.796. The Hall–Kier alpha value is -1.65. The first-order chi connectivity index (χ1) is 8.72. The topological polar surface area (TPSA) is 31.0 Å². The summed E-state index contributed by atoms with van der Waals surface area (Å²) in [7, 11) is 0. The molecule has 0 aromatic carbocycles. The molecule has 5 heteroatoms. The number of hydrogen-bond donors (Lipinski definition) is 0. The van der Waals surface area contributed by atoms with Gasteiger partial charge in [0.2, 0.25) is 0 Å². The second kappa shape index (κ2) is 4.55. The lowest BCUT2D eigenvalue weighted by molar-refractivity contribution is 0.562. The van der Waals surface area contributed by atoms with Crippen LogP contribution in [-0.2, 0) is 6.54 Å². The number of nitrogens with zero attached hydrogens (tertiary/aromatic N) is 2. The fraction of sp³-hybridized carbons (Fsp3) is 0.0769. The summed E-state index contributed by atoms with van der Waals surface area (Å²) in [6, 6.07) is 9.43. The lowest BCUT2D eigenvalue weighted by atomic mass is 10.2. The Bertz CT molecular complexity index is 702. The smallest absolute Gasteiger partial charge is 0.193 e. The van der Waals surface area contributed by atoms with Gasteiger partial charge in [-0.1, -0.05) is 17.7 Å². The highest BCUT2D eigenvalue weighted by atomic mass is 35.5. The molecule has 0 spiro atoms. The molecule has 2 aliphatic heterocycles. The fourth-order valence-corrected chi connectivity index (χ4v) is 2.18. The Morgan fingerprint density at radius 3 is 3.00 bits per heavy atom. The van der Waals surface area contributed by atoms with Crippen molar-refractivity contribution < 1.29 is 4.42 Å². The van der Waals surface area contributed by atoms with Gasteiger partial charge in [0.05, 0.1) is 5.69 Å². The first kappa shape index (κ1) is 11.4. The third-order valence-electron chi connectivity index (χ3n) is 2.68. The molecule has 18 heavy (non-hydrogen) atoms. The van der Waals surface area contributed by atoms with E-state index in [2.05, 4.69) is 9.55 Å². The molecule has 0 atom stereocenters. The Balaban J connectivity index is 2.00. The van der Waals surface area contributed by atoms with Crippen LogP contribution < -0.4 is 0 Å². The highest BCUT2D eigenvalue weighted by molar-refractivity contribution is 7.71. The van der Waals surface area contributed by atoms with E-state index in [4.69, 9.17) is 28.2 Å². The van der Waals surface area contributed by atoms with Crippen LogP contribution in [-0.4, -0.2) is 9.55 Å². The first-order valence-corrected chi connectivity index (χ1v) is 6.20. The van der Waals surface area contributed by atoms with E-state index >= 15 is 0 Å². The summed E-state index contributed by atoms with van der Waals surface area (Å²) in [5.41, 5.74) is 2.06. The molecule has 0 saturated heterocycles. The molecule has 90 valence electrons. The van der Waals surface area contributed by atoms with Gasteiger partial charge in [-0.05, 0) is 36.0 Å². The second-order valence-electron chi connectivity index (χ2n) is 3.94. The summed E-state index contributed by atoms with van der Waals surface area (Å²) >= 11 is 10.8. The van der Waals surface area contributed by atoms with Crippen LogP contribution in [0.2, 0.25) is 5.15 Å². The fourth-order valence-electron chi connectivity index (χ4n) is 1.87. The monoisotopic (exact) mass is 276 g/mol. The van der Waals surface area contributed by atoms with Gasteiger partial charge < -0.3 is 8.98 Å². The van der Waals surface area contributed by atoms with Gasteiger partial charge in [-0.2, -0.15) is 0 Å². The number of rotatable bonds is 2. The molecule has 3 rings (SSSR count). The highest BCUT2D eigenvalue weighted by Crippen LogP contribution is 2.24. The van der Waals surface area contributed by atoms with Crippen LogP contribution >= 0.6 is 23.8 Å². The largest absolute Gasteiger partial charge is 0.444 e. The quantitative estimate of drug-likeness (QED) is 0.523. The van der Waals surface area contributed by atoms with Crippen molar-refractivity contribution in [2.24, 2.45) is 0 Å². The van der Waals surface area contributed by atoms with Crippen LogP contribution in [0.1, 0.15) is 5.56 Å². The van der Waals surface area contributed by atoms with Crippen molar-refractivity contribution in [1.82, 2.24) is 9.55 Å². The van der Waals surface area contributed by atoms with Crippen molar-refractivity contribution in [2.75, 3.05) is 0 Å². The van der Waals surface area contributed by atoms with Crippen molar-refractivity contribution in [1.29, 1.82) is 0 Å². The zero-order valence-electron chi connectivity index (χ0n) is 9.34. The third-order valence-corrected chi connectivity index (χ3v) is 3.11. The molecule has 0 saturated carbocycles. The molecule has 0 unspecified atom stereocenters. The second-order valence-corrected chi connectivity index (χ2v) is 4.73. The summed E-state index contributed by atoms with van der Waals surface area (Å²) < 4.78 is 7.99. The van der Waals surface area contributed by atoms with Crippen molar-refractivity contribution in [3.8, 4) is 11.5 Å². The molecule has 0 N–H and O–H groups in total. The van der Waals surface area contributed by atoms with Crippen LogP contribution in [0.25, 0.3) is 11.5 Å². The molecule has 1 aromatic rings. The molecular formula is C13H9ClN2OS. The van der Waals surface area contributed by atoms with Crippen LogP contribution in [0, 0.1) is 4.71 Å². The van der Waals surface area contributed by atoms with Crippen molar-refractivity contribution in [2.45, 2.75) is 6.54 Å². The zero-order chi connectivity index (χ0) is 12.5.